The van der Waals surface area contributed by atoms with Crippen LogP contribution in [0.4, 0.5) is 22.0 Å². The van der Waals surface area contributed by atoms with E-state index >= 15 is 0 Å². The van der Waals surface area contributed by atoms with Gasteiger partial charge in [-0.3, -0.25) is 4.40 Å². The van der Waals surface area contributed by atoms with Crippen LogP contribution < -0.4 is 4.74 Å². The molecule has 10 nitrogen and oxygen atoms in total. The first-order valence-electron chi connectivity index (χ1n) is 13.8. The van der Waals surface area contributed by atoms with Gasteiger partial charge in [-0.15, -0.1) is 0 Å². The van der Waals surface area contributed by atoms with Crippen LogP contribution in [-0.4, -0.2) is 50.1 Å². The second-order valence-corrected chi connectivity index (χ2v) is 10.8. The zero-order valence-electron chi connectivity index (χ0n) is 23.4. The van der Waals surface area contributed by atoms with Gasteiger partial charge in [0.25, 0.3) is 0 Å². The van der Waals surface area contributed by atoms with Crippen LogP contribution >= 0.6 is 0 Å². The van der Waals surface area contributed by atoms with Gasteiger partial charge in [0.05, 0.1) is 24.6 Å². The minimum atomic E-state index is -4.56. The second kappa shape index (κ2) is 10.3. The fourth-order valence-corrected chi connectivity index (χ4v) is 5.30. The maximum atomic E-state index is 13.4. The van der Waals surface area contributed by atoms with E-state index in [2.05, 4.69) is 24.9 Å². The predicted molar refractivity (Wildman–Crippen MR) is 148 cm³/mol. The summed E-state index contributed by atoms with van der Waals surface area (Å²) in [5.74, 6) is 0.170. The van der Waals surface area contributed by atoms with Crippen molar-refractivity contribution in [3.63, 3.8) is 0 Å². The zero-order valence-corrected chi connectivity index (χ0v) is 23.4. The number of benzene rings is 1. The van der Waals surface area contributed by atoms with Crippen LogP contribution in [-0.2, 0) is 12.7 Å². The zero-order chi connectivity index (χ0) is 30.7. The fourth-order valence-electron chi connectivity index (χ4n) is 5.30. The Bertz CT molecular complexity index is 1990. The molecule has 1 fully saturated rings. The lowest BCUT2D eigenvalue weighted by molar-refractivity contribution is -0.140. The molecule has 1 aromatic carbocycles. The number of aromatic nitrogens is 9. The van der Waals surface area contributed by atoms with Crippen molar-refractivity contribution in [2.24, 2.45) is 0 Å². The molecular formula is C29H24F5N9O. The lowest BCUT2D eigenvalue weighted by atomic mass is 10.1. The Morgan fingerprint density at radius 3 is 2.45 bits per heavy atom. The summed E-state index contributed by atoms with van der Waals surface area (Å²) in [4.78, 5) is 25.7. The molecule has 0 amide bonds. The molecule has 1 aliphatic rings. The highest BCUT2D eigenvalue weighted by atomic mass is 19.4. The van der Waals surface area contributed by atoms with Gasteiger partial charge in [0, 0.05) is 23.7 Å². The smallest absolute Gasteiger partial charge is 0.416 e. The third-order valence-electron chi connectivity index (χ3n) is 7.52. The highest BCUT2D eigenvalue weighted by Gasteiger charge is 2.35. The summed E-state index contributed by atoms with van der Waals surface area (Å²) in [5, 5.41) is 0. The molecule has 0 radical (unpaired) electrons. The maximum Gasteiger partial charge on any atom is 0.434 e. The first-order chi connectivity index (χ1) is 21.1. The number of hydrogen-bond acceptors (Lipinski definition) is 7. The van der Waals surface area contributed by atoms with Crippen LogP contribution in [0.15, 0.2) is 55.5 Å². The number of fused-ring (bicyclic) bond motifs is 3. The molecule has 0 spiro atoms. The third kappa shape index (κ3) is 4.91. The van der Waals surface area contributed by atoms with Crippen molar-refractivity contribution in [3.05, 3.63) is 72.5 Å². The molecule has 0 aliphatic heterocycles. The summed E-state index contributed by atoms with van der Waals surface area (Å²) in [6, 6.07) is 6.85. The minimum Gasteiger partial charge on any atom is -0.416 e. The van der Waals surface area contributed by atoms with Gasteiger partial charge in [0.2, 0.25) is 5.88 Å². The lowest BCUT2D eigenvalue weighted by Gasteiger charge is -2.13. The number of alkyl halides is 5. The fraction of sp³-hybridized carbons (Fsp3) is 0.310. The Balaban J connectivity index is 1.29. The summed E-state index contributed by atoms with van der Waals surface area (Å²) >= 11 is 0. The highest BCUT2D eigenvalue weighted by Crippen LogP contribution is 2.45. The van der Waals surface area contributed by atoms with Crippen molar-refractivity contribution in [3.8, 4) is 28.7 Å². The van der Waals surface area contributed by atoms with Crippen molar-refractivity contribution in [2.75, 3.05) is 0 Å². The average Bonchev–Trinajstić information content (AvgIpc) is 3.41. The SMILES string of the molecule is CC(C)n1cc(C(F)(F)F)nc1-c1ccc(Cn2c3nc(-c4c(OC(F)F)ncnc4C4CC4)ncc3n3cncc23)cc1. The normalized spacial score (nSPS) is 14.0. The molecule has 0 N–H and O–H groups in total. The lowest BCUT2D eigenvalue weighted by Crippen LogP contribution is -2.09. The first kappa shape index (κ1) is 27.9. The van der Waals surface area contributed by atoms with Gasteiger partial charge in [-0.05, 0) is 32.3 Å². The van der Waals surface area contributed by atoms with E-state index in [1.54, 1.807) is 44.7 Å². The Kier molecular flexibility index (Phi) is 6.55. The summed E-state index contributed by atoms with van der Waals surface area (Å²) in [6.45, 7) is 0.821. The van der Waals surface area contributed by atoms with E-state index in [0.717, 1.165) is 24.6 Å². The van der Waals surface area contributed by atoms with Crippen LogP contribution in [0.25, 0.3) is 39.6 Å². The number of hydrogen-bond donors (Lipinski definition) is 0. The predicted octanol–water partition coefficient (Wildman–Crippen LogP) is 6.53. The second-order valence-electron chi connectivity index (χ2n) is 10.8. The van der Waals surface area contributed by atoms with Gasteiger partial charge in [-0.25, -0.2) is 29.9 Å². The molecule has 0 unspecified atom stereocenters. The quantitative estimate of drug-likeness (QED) is 0.181. The first-order valence-corrected chi connectivity index (χ1v) is 13.8. The number of halogens is 5. The molecule has 0 saturated heterocycles. The largest absolute Gasteiger partial charge is 0.434 e. The standard InChI is InChI=1S/C29H24F5N9O/c1-15(2)41-12-20(29(32,33)34)39-25(41)18-5-3-16(4-6-18)11-42-21-10-35-14-43(21)19-9-36-24(40-26(19)42)22-23(17-7-8-17)37-13-38-27(22)44-28(30)31/h3-6,9-10,12-15,17,28H,7-8,11H2,1-2H3. The van der Waals surface area contributed by atoms with Crippen LogP contribution in [0.1, 0.15) is 55.6 Å². The van der Waals surface area contributed by atoms with E-state index in [9.17, 15) is 22.0 Å². The molecule has 7 rings (SSSR count). The van der Waals surface area contributed by atoms with Gasteiger partial charge >= 0.3 is 12.8 Å². The van der Waals surface area contributed by atoms with Crippen molar-refractivity contribution < 1.29 is 26.7 Å². The highest BCUT2D eigenvalue weighted by molar-refractivity contribution is 5.80. The van der Waals surface area contributed by atoms with Crippen LogP contribution in [0.5, 0.6) is 5.88 Å². The van der Waals surface area contributed by atoms with E-state index in [0.29, 0.717) is 34.6 Å². The van der Waals surface area contributed by atoms with Crippen molar-refractivity contribution in [1.82, 2.24) is 43.4 Å². The van der Waals surface area contributed by atoms with Gasteiger partial charge in [0.1, 0.15) is 35.2 Å². The molecule has 1 saturated carbocycles. The molecule has 0 atom stereocenters. The summed E-state index contributed by atoms with van der Waals surface area (Å²) in [5.41, 5.74) is 3.07. The molecule has 44 heavy (non-hydrogen) atoms. The molecule has 226 valence electrons. The molecular weight excluding hydrogens is 585 g/mol. The number of nitrogens with zero attached hydrogens (tertiary/aromatic N) is 9. The number of imidazole rings is 3. The Labute approximate surface area is 246 Å². The van der Waals surface area contributed by atoms with E-state index in [1.165, 1.54) is 10.9 Å². The third-order valence-corrected chi connectivity index (χ3v) is 7.52. The van der Waals surface area contributed by atoms with Crippen molar-refractivity contribution in [1.29, 1.82) is 0 Å². The monoisotopic (exact) mass is 609 g/mol. The summed E-state index contributed by atoms with van der Waals surface area (Å²) in [6.07, 6.45) is 4.27. The Hall–Kier alpha value is -4.95. The minimum absolute atomic E-state index is 0.0796. The maximum absolute atomic E-state index is 13.4. The summed E-state index contributed by atoms with van der Waals surface area (Å²) in [7, 11) is 0. The van der Waals surface area contributed by atoms with Gasteiger partial charge in [0.15, 0.2) is 17.2 Å². The molecule has 0 bridgehead atoms. The Morgan fingerprint density at radius 1 is 1.00 bits per heavy atom. The van der Waals surface area contributed by atoms with Crippen molar-refractivity contribution in [2.45, 2.75) is 58.0 Å². The van der Waals surface area contributed by atoms with Gasteiger partial charge in [-0.2, -0.15) is 22.0 Å². The van der Waals surface area contributed by atoms with E-state index in [-0.39, 0.29) is 35.1 Å². The van der Waals surface area contributed by atoms with Gasteiger partial charge < -0.3 is 13.9 Å². The molecule has 5 heterocycles. The van der Waals surface area contributed by atoms with E-state index < -0.39 is 18.5 Å². The molecule has 5 aromatic heterocycles. The summed E-state index contributed by atoms with van der Waals surface area (Å²) < 4.78 is 76.7. The van der Waals surface area contributed by atoms with Crippen LogP contribution in [0.2, 0.25) is 0 Å². The van der Waals surface area contributed by atoms with Crippen LogP contribution in [0, 0.1) is 0 Å². The van der Waals surface area contributed by atoms with Crippen LogP contribution in [0.3, 0.4) is 0 Å². The van der Waals surface area contributed by atoms with Crippen molar-refractivity contribution >= 4 is 16.8 Å². The van der Waals surface area contributed by atoms with E-state index in [1.807, 2.05) is 21.1 Å². The Morgan fingerprint density at radius 2 is 1.77 bits per heavy atom. The molecule has 6 aromatic rings. The molecule has 15 heteroatoms. The van der Waals surface area contributed by atoms with E-state index in [4.69, 9.17) is 9.72 Å². The molecule has 1 aliphatic carbocycles. The van der Waals surface area contributed by atoms with Gasteiger partial charge in [-0.1, -0.05) is 24.3 Å². The average molecular weight is 610 g/mol. The number of rotatable bonds is 8. The topological polar surface area (TPSA) is 101 Å². The number of ether oxygens (including phenoxy) is 1.